The smallest absolute Gasteiger partial charge is 0.243 e. The van der Waals surface area contributed by atoms with Gasteiger partial charge in [0.2, 0.25) is 23.6 Å². The SMILES string of the molecule is CC(C)C(N)C(=O)NC(C(=O)NC(C(=O)NC(C(=O)NC(C=O)Cc1ccc(O)cc1)C(C)C)C(C)C)C(C)C. The second-order valence-corrected chi connectivity index (χ2v) is 11.6. The Morgan fingerprint density at radius 3 is 1.40 bits per heavy atom. The van der Waals surface area contributed by atoms with E-state index in [2.05, 4.69) is 21.3 Å². The molecule has 1 aromatic rings. The Morgan fingerprint density at radius 2 is 1.05 bits per heavy atom. The first-order valence-corrected chi connectivity index (χ1v) is 13.8. The predicted octanol–water partition coefficient (Wildman–Crippen LogP) is 1.02. The summed E-state index contributed by atoms with van der Waals surface area (Å²) in [7, 11) is 0. The van der Waals surface area contributed by atoms with Crippen LogP contribution in [0.15, 0.2) is 24.3 Å². The van der Waals surface area contributed by atoms with Crippen molar-refractivity contribution in [3.63, 3.8) is 0 Å². The molecule has 0 saturated heterocycles. The number of carbonyl (C=O) groups excluding carboxylic acids is 5. The molecule has 0 heterocycles. The van der Waals surface area contributed by atoms with Crippen molar-refractivity contribution in [1.82, 2.24) is 21.3 Å². The maximum Gasteiger partial charge on any atom is 0.243 e. The lowest BCUT2D eigenvalue weighted by molar-refractivity contribution is -0.136. The number of phenolic OH excluding ortho intramolecular Hbond substituents is 1. The molecule has 5 unspecified atom stereocenters. The van der Waals surface area contributed by atoms with Gasteiger partial charge in [0.15, 0.2) is 0 Å². The molecule has 0 aliphatic rings. The zero-order chi connectivity index (χ0) is 30.7. The van der Waals surface area contributed by atoms with Crippen LogP contribution in [-0.2, 0) is 30.4 Å². The number of nitrogens with two attached hydrogens (primary N) is 1. The van der Waals surface area contributed by atoms with Gasteiger partial charge in [-0.2, -0.15) is 0 Å². The Hall–Kier alpha value is -3.47. The van der Waals surface area contributed by atoms with Crippen LogP contribution in [0.5, 0.6) is 5.75 Å². The molecule has 7 N–H and O–H groups in total. The molecule has 0 aliphatic carbocycles. The lowest BCUT2D eigenvalue weighted by Crippen LogP contribution is -2.61. The van der Waals surface area contributed by atoms with Crippen LogP contribution in [0.25, 0.3) is 0 Å². The van der Waals surface area contributed by atoms with E-state index in [1.807, 2.05) is 0 Å². The predicted molar refractivity (Wildman–Crippen MR) is 153 cm³/mol. The quantitative estimate of drug-likeness (QED) is 0.173. The number of carbonyl (C=O) groups is 5. The van der Waals surface area contributed by atoms with E-state index in [0.717, 1.165) is 5.56 Å². The van der Waals surface area contributed by atoms with Gasteiger partial charge in [0, 0.05) is 0 Å². The number of benzene rings is 1. The van der Waals surface area contributed by atoms with Crippen LogP contribution in [0.3, 0.4) is 0 Å². The van der Waals surface area contributed by atoms with Gasteiger partial charge in [0.1, 0.15) is 30.2 Å². The zero-order valence-corrected chi connectivity index (χ0v) is 24.9. The van der Waals surface area contributed by atoms with Crippen molar-refractivity contribution in [2.24, 2.45) is 29.4 Å². The number of hydrogen-bond donors (Lipinski definition) is 6. The van der Waals surface area contributed by atoms with Crippen LogP contribution >= 0.6 is 0 Å². The minimum absolute atomic E-state index is 0.0889. The largest absolute Gasteiger partial charge is 0.508 e. The summed E-state index contributed by atoms with van der Waals surface area (Å²) in [6, 6.07) is 1.78. The Labute approximate surface area is 237 Å². The molecule has 40 heavy (non-hydrogen) atoms. The van der Waals surface area contributed by atoms with Gasteiger partial charge in [-0.25, -0.2) is 0 Å². The summed E-state index contributed by atoms with van der Waals surface area (Å²) in [5.41, 5.74) is 6.67. The number of aromatic hydroxyl groups is 1. The molecule has 0 bridgehead atoms. The standard InChI is InChI=1S/C29H47N5O6/c1-15(2)22(30)26(37)32-24(17(5)6)28(39)34-25(18(7)8)29(40)33-23(16(3)4)27(38)31-20(14-35)13-19-9-11-21(36)12-10-19/h9-12,14-18,20,22-25,36H,13,30H2,1-8H3,(H,31,38)(H,32,37)(H,33,40)(H,34,39). The molecular weight excluding hydrogens is 514 g/mol. The second kappa shape index (κ2) is 16.0. The van der Waals surface area contributed by atoms with Crippen LogP contribution in [0.4, 0.5) is 0 Å². The average Bonchev–Trinajstić information content (AvgIpc) is 2.87. The Bertz CT molecular complexity index is 1010. The highest BCUT2D eigenvalue weighted by Crippen LogP contribution is 2.13. The van der Waals surface area contributed by atoms with E-state index in [1.165, 1.54) is 12.1 Å². The maximum absolute atomic E-state index is 13.3. The van der Waals surface area contributed by atoms with Crippen molar-refractivity contribution < 1.29 is 29.1 Å². The molecule has 0 fully saturated rings. The average molecular weight is 562 g/mol. The Balaban J connectivity index is 2.98. The van der Waals surface area contributed by atoms with Crippen molar-refractivity contribution in [2.45, 2.75) is 92.0 Å². The van der Waals surface area contributed by atoms with Crippen molar-refractivity contribution >= 4 is 29.9 Å². The molecule has 0 aliphatic heterocycles. The summed E-state index contributed by atoms with van der Waals surface area (Å²) >= 11 is 0. The van der Waals surface area contributed by atoms with E-state index < -0.39 is 53.8 Å². The van der Waals surface area contributed by atoms with E-state index in [-0.39, 0.29) is 35.8 Å². The lowest BCUT2D eigenvalue weighted by Gasteiger charge is -2.30. The number of aldehydes is 1. The molecule has 0 spiro atoms. The monoisotopic (exact) mass is 561 g/mol. The highest BCUT2D eigenvalue weighted by atomic mass is 16.3. The van der Waals surface area contributed by atoms with E-state index in [1.54, 1.807) is 67.5 Å². The fourth-order valence-electron chi connectivity index (χ4n) is 3.93. The van der Waals surface area contributed by atoms with E-state index in [4.69, 9.17) is 5.73 Å². The molecular formula is C29H47N5O6. The normalized spacial score (nSPS) is 15.2. The summed E-state index contributed by atoms with van der Waals surface area (Å²) in [6.45, 7) is 14.2. The minimum atomic E-state index is -0.989. The molecule has 11 nitrogen and oxygen atoms in total. The summed E-state index contributed by atoms with van der Waals surface area (Å²) in [5, 5.41) is 20.3. The first-order valence-electron chi connectivity index (χ1n) is 13.8. The van der Waals surface area contributed by atoms with Crippen LogP contribution in [0, 0.1) is 23.7 Å². The van der Waals surface area contributed by atoms with Gasteiger partial charge >= 0.3 is 0 Å². The van der Waals surface area contributed by atoms with Crippen LogP contribution in [0.2, 0.25) is 0 Å². The molecule has 0 aromatic heterocycles. The number of hydrogen-bond acceptors (Lipinski definition) is 7. The van der Waals surface area contributed by atoms with Gasteiger partial charge in [0.25, 0.3) is 0 Å². The third-order valence-electron chi connectivity index (χ3n) is 6.65. The third-order valence-corrected chi connectivity index (χ3v) is 6.65. The van der Waals surface area contributed by atoms with E-state index in [0.29, 0.717) is 6.29 Å². The molecule has 224 valence electrons. The van der Waals surface area contributed by atoms with Gasteiger partial charge in [-0.3, -0.25) is 19.2 Å². The van der Waals surface area contributed by atoms with Crippen LogP contribution < -0.4 is 27.0 Å². The van der Waals surface area contributed by atoms with Crippen molar-refractivity contribution in [2.75, 3.05) is 0 Å². The molecule has 1 rings (SSSR count). The Morgan fingerprint density at radius 1 is 0.675 bits per heavy atom. The first-order chi connectivity index (χ1) is 18.6. The molecule has 4 amide bonds. The molecule has 5 atom stereocenters. The fraction of sp³-hybridized carbons (Fsp3) is 0.621. The topological polar surface area (TPSA) is 180 Å². The van der Waals surface area contributed by atoms with Gasteiger partial charge in [0.05, 0.1) is 12.1 Å². The number of rotatable bonds is 15. The summed E-state index contributed by atoms with van der Waals surface area (Å²) in [6.07, 6.45) is 0.828. The Kier molecular flexibility index (Phi) is 13.8. The van der Waals surface area contributed by atoms with Crippen LogP contribution in [-0.4, -0.2) is 65.2 Å². The van der Waals surface area contributed by atoms with Gasteiger partial charge in [-0.05, 0) is 47.8 Å². The molecule has 1 aromatic carbocycles. The highest BCUT2D eigenvalue weighted by molar-refractivity contribution is 5.95. The number of phenols is 1. The summed E-state index contributed by atoms with van der Waals surface area (Å²) in [4.78, 5) is 63.8. The number of amides is 4. The zero-order valence-electron chi connectivity index (χ0n) is 24.9. The van der Waals surface area contributed by atoms with Crippen LogP contribution in [0.1, 0.15) is 61.0 Å². The third kappa shape index (κ3) is 10.6. The second-order valence-electron chi connectivity index (χ2n) is 11.6. The van der Waals surface area contributed by atoms with Crippen molar-refractivity contribution in [3.8, 4) is 5.75 Å². The number of nitrogens with one attached hydrogen (secondary N) is 4. The lowest BCUT2D eigenvalue weighted by atomic mass is 9.97. The fourth-order valence-corrected chi connectivity index (χ4v) is 3.93. The van der Waals surface area contributed by atoms with Gasteiger partial charge in [-0.1, -0.05) is 67.5 Å². The maximum atomic E-state index is 13.3. The van der Waals surface area contributed by atoms with E-state index >= 15 is 0 Å². The molecule has 0 radical (unpaired) electrons. The van der Waals surface area contributed by atoms with Crippen molar-refractivity contribution in [3.05, 3.63) is 29.8 Å². The van der Waals surface area contributed by atoms with Gasteiger partial charge < -0.3 is 36.9 Å². The minimum Gasteiger partial charge on any atom is -0.508 e. The first kappa shape index (κ1) is 34.6. The summed E-state index contributed by atoms with van der Waals surface area (Å²) < 4.78 is 0. The van der Waals surface area contributed by atoms with Gasteiger partial charge in [-0.15, -0.1) is 0 Å². The summed E-state index contributed by atoms with van der Waals surface area (Å²) in [5.74, 6) is -3.06. The molecule has 11 heteroatoms. The van der Waals surface area contributed by atoms with E-state index in [9.17, 15) is 29.1 Å². The molecule has 0 saturated carbocycles. The van der Waals surface area contributed by atoms with Crippen molar-refractivity contribution in [1.29, 1.82) is 0 Å². The highest BCUT2D eigenvalue weighted by Gasteiger charge is 2.34.